The molecule has 0 saturated heterocycles. The van der Waals surface area contributed by atoms with Gasteiger partial charge in [0.1, 0.15) is 0 Å². The van der Waals surface area contributed by atoms with Crippen molar-refractivity contribution >= 4 is 5.97 Å². The third-order valence-corrected chi connectivity index (χ3v) is 2.00. The Bertz CT molecular complexity index is 486. The van der Waals surface area contributed by atoms with Crippen molar-refractivity contribution in [3.05, 3.63) is 28.8 Å². The minimum absolute atomic E-state index is 0.105. The second kappa shape index (κ2) is 5.45. The molecule has 1 rings (SSSR count). The molecule has 0 spiro atoms. The normalized spacial score (nSPS) is 11.8. The summed E-state index contributed by atoms with van der Waals surface area (Å²) in [5, 5.41) is 0. The lowest BCUT2D eigenvalue weighted by molar-refractivity contribution is -0.142. The van der Waals surface area contributed by atoms with Crippen molar-refractivity contribution in [2.45, 2.75) is 19.5 Å². The molecule has 0 aromatic carbocycles. The summed E-state index contributed by atoms with van der Waals surface area (Å²) in [5.41, 5.74) is -4.53. The number of alkyl halides is 5. The fourth-order valence-electron chi connectivity index (χ4n) is 1.24. The molecule has 1 heterocycles. The summed E-state index contributed by atoms with van der Waals surface area (Å²) in [6.07, 6.45) is -8.56. The lowest BCUT2D eigenvalue weighted by Gasteiger charge is -2.13. The summed E-state index contributed by atoms with van der Waals surface area (Å²) in [6, 6.07) is 0.105. The van der Waals surface area contributed by atoms with Crippen molar-refractivity contribution in [3.63, 3.8) is 0 Å². The third-order valence-electron chi connectivity index (χ3n) is 2.00. The van der Waals surface area contributed by atoms with E-state index in [-0.39, 0.29) is 12.7 Å². The molecule has 1 aromatic rings. The van der Waals surface area contributed by atoms with Crippen LogP contribution in [-0.4, -0.2) is 17.6 Å². The standard InChI is InChI=1S/C10H7F6NO2/c1-2-19-9(18)4-3-5(7(11)12)8(13)17-6(4)10(14,15)16/h3,7H,2H2,1H3. The van der Waals surface area contributed by atoms with E-state index in [1.807, 2.05) is 0 Å². The number of rotatable bonds is 3. The maximum atomic E-state index is 13.0. The van der Waals surface area contributed by atoms with E-state index in [1.54, 1.807) is 0 Å². The largest absolute Gasteiger partial charge is 0.462 e. The van der Waals surface area contributed by atoms with Gasteiger partial charge in [0.2, 0.25) is 5.95 Å². The Morgan fingerprint density at radius 3 is 2.42 bits per heavy atom. The third kappa shape index (κ3) is 3.36. The average molecular weight is 287 g/mol. The smallest absolute Gasteiger partial charge is 0.434 e. The Kier molecular flexibility index (Phi) is 4.38. The Labute approximate surface area is 103 Å². The summed E-state index contributed by atoms with van der Waals surface area (Å²) in [6.45, 7) is 1.05. The highest BCUT2D eigenvalue weighted by molar-refractivity contribution is 5.91. The number of hydrogen-bond donors (Lipinski definition) is 0. The maximum Gasteiger partial charge on any atom is 0.434 e. The highest BCUT2D eigenvalue weighted by atomic mass is 19.4. The monoisotopic (exact) mass is 287 g/mol. The van der Waals surface area contributed by atoms with Crippen molar-refractivity contribution in [3.8, 4) is 0 Å². The highest BCUT2D eigenvalue weighted by Crippen LogP contribution is 2.33. The van der Waals surface area contributed by atoms with Crippen LogP contribution in [0.1, 0.15) is 35.0 Å². The van der Waals surface area contributed by atoms with Crippen LogP contribution in [0.5, 0.6) is 0 Å². The average Bonchev–Trinajstić information content (AvgIpc) is 2.27. The first-order valence-electron chi connectivity index (χ1n) is 4.91. The Balaban J connectivity index is 3.46. The van der Waals surface area contributed by atoms with Gasteiger partial charge in [-0.25, -0.2) is 18.6 Å². The van der Waals surface area contributed by atoms with Crippen LogP contribution >= 0.6 is 0 Å². The number of ether oxygens (including phenoxy) is 1. The van der Waals surface area contributed by atoms with Gasteiger partial charge in [-0.1, -0.05) is 0 Å². The molecule has 0 radical (unpaired) electrons. The zero-order valence-corrected chi connectivity index (χ0v) is 9.39. The van der Waals surface area contributed by atoms with Crippen LogP contribution in [0, 0.1) is 5.95 Å². The molecule has 0 aliphatic carbocycles. The van der Waals surface area contributed by atoms with Gasteiger partial charge < -0.3 is 4.74 Å². The maximum absolute atomic E-state index is 13.0. The molecule has 1 aromatic heterocycles. The molecule has 3 nitrogen and oxygen atoms in total. The molecule has 0 fully saturated rings. The fraction of sp³-hybridized carbons (Fsp3) is 0.400. The first-order valence-corrected chi connectivity index (χ1v) is 4.91. The van der Waals surface area contributed by atoms with Gasteiger partial charge >= 0.3 is 12.1 Å². The minimum Gasteiger partial charge on any atom is -0.462 e. The Morgan fingerprint density at radius 1 is 1.42 bits per heavy atom. The lowest BCUT2D eigenvalue weighted by atomic mass is 10.1. The molecule has 0 saturated carbocycles. The fourth-order valence-corrected chi connectivity index (χ4v) is 1.24. The summed E-state index contributed by atoms with van der Waals surface area (Å²) in [5.74, 6) is -3.47. The van der Waals surface area contributed by atoms with Gasteiger partial charge in [0, 0.05) is 0 Å². The van der Waals surface area contributed by atoms with Crippen molar-refractivity contribution in [1.29, 1.82) is 0 Å². The van der Waals surface area contributed by atoms with E-state index in [0.29, 0.717) is 0 Å². The lowest BCUT2D eigenvalue weighted by Crippen LogP contribution is -2.19. The number of halogens is 6. The van der Waals surface area contributed by atoms with Gasteiger partial charge in [-0.05, 0) is 13.0 Å². The van der Waals surface area contributed by atoms with E-state index in [0.717, 1.165) is 0 Å². The second-order valence-corrected chi connectivity index (χ2v) is 3.28. The van der Waals surface area contributed by atoms with Crippen LogP contribution in [0.15, 0.2) is 6.07 Å². The quantitative estimate of drug-likeness (QED) is 0.486. The zero-order valence-electron chi connectivity index (χ0n) is 9.39. The topological polar surface area (TPSA) is 39.2 Å². The number of hydrogen-bond acceptors (Lipinski definition) is 3. The van der Waals surface area contributed by atoms with Gasteiger partial charge in [-0.15, -0.1) is 0 Å². The van der Waals surface area contributed by atoms with E-state index < -0.39 is 41.3 Å². The number of aromatic nitrogens is 1. The van der Waals surface area contributed by atoms with Gasteiger partial charge in [0.25, 0.3) is 6.43 Å². The molecular weight excluding hydrogens is 280 g/mol. The predicted octanol–water partition coefficient (Wildman–Crippen LogP) is 3.35. The first kappa shape index (κ1) is 15.3. The molecular formula is C10H7F6NO2. The molecule has 0 amide bonds. The molecule has 0 aliphatic heterocycles. The molecule has 106 valence electrons. The van der Waals surface area contributed by atoms with E-state index in [1.165, 1.54) is 6.92 Å². The van der Waals surface area contributed by atoms with Gasteiger partial charge in [-0.2, -0.15) is 17.6 Å². The Morgan fingerprint density at radius 2 is 2.00 bits per heavy atom. The van der Waals surface area contributed by atoms with E-state index >= 15 is 0 Å². The predicted molar refractivity (Wildman–Crippen MR) is 50.1 cm³/mol. The van der Waals surface area contributed by atoms with Crippen LogP contribution in [0.3, 0.4) is 0 Å². The Hall–Kier alpha value is -1.80. The van der Waals surface area contributed by atoms with Gasteiger partial charge in [0.15, 0.2) is 5.69 Å². The first-order chi connectivity index (χ1) is 8.68. The van der Waals surface area contributed by atoms with E-state index in [2.05, 4.69) is 9.72 Å². The van der Waals surface area contributed by atoms with E-state index in [4.69, 9.17) is 0 Å². The van der Waals surface area contributed by atoms with Crippen molar-refractivity contribution < 1.29 is 35.9 Å². The number of nitrogens with zero attached hydrogens (tertiary/aromatic N) is 1. The van der Waals surface area contributed by atoms with Crippen molar-refractivity contribution in [2.24, 2.45) is 0 Å². The molecule has 0 N–H and O–H groups in total. The van der Waals surface area contributed by atoms with Crippen LogP contribution < -0.4 is 0 Å². The van der Waals surface area contributed by atoms with Gasteiger partial charge in [0.05, 0.1) is 17.7 Å². The number of pyridine rings is 1. The molecule has 0 unspecified atom stereocenters. The number of carbonyl (C=O) groups excluding carboxylic acids is 1. The highest BCUT2D eigenvalue weighted by Gasteiger charge is 2.39. The van der Waals surface area contributed by atoms with Crippen molar-refractivity contribution in [2.75, 3.05) is 6.61 Å². The SMILES string of the molecule is CCOC(=O)c1cc(C(F)F)c(F)nc1C(F)(F)F. The minimum atomic E-state index is -5.16. The molecule has 0 bridgehead atoms. The van der Waals surface area contributed by atoms with Crippen LogP contribution in [0.2, 0.25) is 0 Å². The molecule has 0 atom stereocenters. The van der Waals surface area contributed by atoms with Crippen LogP contribution in [0.25, 0.3) is 0 Å². The number of carbonyl (C=O) groups is 1. The van der Waals surface area contributed by atoms with Crippen LogP contribution in [-0.2, 0) is 10.9 Å². The summed E-state index contributed by atoms with van der Waals surface area (Å²) in [7, 11) is 0. The zero-order chi connectivity index (χ0) is 14.8. The molecule has 19 heavy (non-hydrogen) atoms. The number of esters is 1. The summed E-state index contributed by atoms with van der Waals surface area (Å²) in [4.78, 5) is 13.7. The van der Waals surface area contributed by atoms with Crippen molar-refractivity contribution in [1.82, 2.24) is 4.98 Å². The molecule has 0 aliphatic rings. The van der Waals surface area contributed by atoms with E-state index in [9.17, 15) is 31.1 Å². The van der Waals surface area contributed by atoms with Crippen LogP contribution in [0.4, 0.5) is 26.3 Å². The summed E-state index contributed by atoms with van der Waals surface area (Å²) < 4.78 is 79.7. The summed E-state index contributed by atoms with van der Waals surface area (Å²) >= 11 is 0. The molecule has 9 heteroatoms. The van der Waals surface area contributed by atoms with Gasteiger partial charge in [-0.3, -0.25) is 0 Å². The second-order valence-electron chi connectivity index (χ2n) is 3.28.